The number of nitrogens with zero attached hydrogens (tertiary/aromatic N) is 5. The normalized spacial score (nSPS) is 26.3. The molecule has 0 radical (unpaired) electrons. The van der Waals surface area contributed by atoms with Gasteiger partial charge in [0.1, 0.15) is 11.6 Å². The molecule has 3 saturated carbocycles. The molecule has 3 aromatic heterocycles. The number of rotatable bonds is 6. The summed E-state index contributed by atoms with van der Waals surface area (Å²) in [7, 11) is 0. The predicted molar refractivity (Wildman–Crippen MR) is 122 cm³/mol. The molecule has 3 aromatic rings. The molecule has 1 atom stereocenters. The molecule has 0 saturated heterocycles. The third-order valence-corrected chi connectivity index (χ3v) is 6.81. The van der Waals surface area contributed by atoms with Crippen molar-refractivity contribution in [2.75, 3.05) is 5.32 Å². The van der Waals surface area contributed by atoms with Gasteiger partial charge in [-0.1, -0.05) is 0 Å². The number of imidazole rings is 1. The van der Waals surface area contributed by atoms with Crippen LogP contribution < -0.4 is 27.2 Å². The molecule has 5 N–H and O–H groups in total. The molecule has 0 aromatic carbocycles. The summed E-state index contributed by atoms with van der Waals surface area (Å²) in [6.45, 7) is 0. The van der Waals surface area contributed by atoms with Gasteiger partial charge in [0.2, 0.25) is 17.7 Å². The molecule has 12 nitrogen and oxygen atoms in total. The number of aromatic hydroxyl groups is 1. The van der Waals surface area contributed by atoms with E-state index in [0.29, 0.717) is 48.1 Å². The highest BCUT2D eigenvalue weighted by molar-refractivity contribution is 5.83. The molecule has 0 aliphatic heterocycles. The van der Waals surface area contributed by atoms with Crippen molar-refractivity contribution in [3.8, 4) is 5.88 Å². The van der Waals surface area contributed by atoms with E-state index >= 15 is 0 Å². The lowest BCUT2D eigenvalue weighted by atomic mass is 9.91. The largest absolute Gasteiger partial charge is 0.493 e. The van der Waals surface area contributed by atoms with Crippen LogP contribution in [-0.2, 0) is 4.79 Å². The molecule has 190 valence electrons. The van der Waals surface area contributed by atoms with Gasteiger partial charge >= 0.3 is 5.69 Å². The highest BCUT2D eigenvalue weighted by Crippen LogP contribution is 2.48. The molecule has 1 amide bonds. The zero-order chi connectivity index (χ0) is 25.0. The van der Waals surface area contributed by atoms with Gasteiger partial charge in [-0.15, -0.1) is 0 Å². The van der Waals surface area contributed by atoms with Crippen molar-refractivity contribution >= 4 is 23.6 Å². The van der Waals surface area contributed by atoms with Crippen molar-refractivity contribution < 1.29 is 18.7 Å². The van der Waals surface area contributed by atoms with Crippen LogP contribution in [0.1, 0.15) is 50.6 Å². The molecule has 36 heavy (non-hydrogen) atoms. The van der Waals surface area contributed by atoms with Crippen molar-refractivity contribution in [1.82, 2.24) is 34.9 Å². The Bertz CT molecular complexity index is 1500. The number of nitrogens with one attached hydrogen (secondary N) is 4. The van der Waals surface area contributed by atoms with E-state index in [4.69, 9.17) is 0 Å². The van der Waals surface area contributed by atoms with Crippen molar-refractivity contribution in [1.29, 1.82) is 0 Å². The van der Waals surface area contributed by atoms with Gasteiger partial charge in [0.15, 0.2) is 5.65 Å². The first kappa shape index (κ1) is 22.6. The number of aromatic amines is 2. The Kier molecular flexibility index (Phi) is 5.26. The second-order valence-corrected chi connectivity index (χ2v) is 9.75. The van der Waals surface area contributed by atoms with E-state index in [1.54, 1.807) is 12.3 Å². The Morgan fingerprint density at radius 1 is 1.17 bits per heavy atom. The monoisotopic (exact) mass is 501 g/mol. The minimum Gasteiger partial charge on any atom is -0.493 e. The third kappa shape index (κ3) is 4.54. The molecule has 0 bridgehead atoms. The van der Waals surface area contributed by atoms with Crippen LogP contribution in [-0.4, -0.2) is 64.6 Å². The maximum atomic E-state index is 13.1. The SMILES string of the molecule is O=C(NC1CCC(Nc2nc(=NC3CC3)n3ncc(=Cc4[nH]c(=O)[nH]c4O)c3n2)CC1)C1CC1(F)F. The van der Waals surface area contributed by atoms with E-state index in [1.807, 2.05) is 0 Å². The molecule has 3 heterocycles. The topological polar surface area (TPSA) is 165 Å². The lowest BCUT2D eigenvalue weighted by molar-refractivity contribution is -0.125. The van der Waals surface area contributed by atoms with E-state index in [2.05, 4.69) is 40.7 Å². The molecule has 14 heteroatoms. The number of carbonyl (C=O) groups excluding carboxylic acids is 1. The fourth-order valence-electron chi connectivity index (χ4n) is 4.51. The molecule has 0 spiro atoms. The van der Waals surface area contributed by atoms with Crippen molar-refractivity contribution in [3.63, 3.8) is 0 Å². The fourth-order valence-corrected chi connectivity index (χ4v) is 4.51. The van der Waals surface area contributed by atoms with E-state index in [9.17, 15) is 23.5 Å². The fraction of sp³-hybridized carbons (Fsp3) is 0.545. The molecule has 3 fully saturated rings. The van der Waals surface area contributed by atoms with Gasteiger partial charge in [0, 0.05) is 23.7 Å². The lowest BCUT2D eigenvalue weighted by Crippen LogP contribution is -2.41. The number of alkyl halides is 2. The van der Waals surface area contributed by atoms with Crippen LogP contribution in [0.15, 0.2) is 16.0 Å². The summed E-state index contributed by atoms with van der Waals surface area (Å²) < 4.78 is 27.8. The second-order valence-electron chi connectivity index (χ2n) is 9.75. The molecule has 1 unspecified atom stereocenters. The number of aromatic nitrogens is 6. The standard InChI is InChI=1S/C22H25F2N9O3/c23-22(24)8-14(22)17(34)26-11-1-3-12(4-2-11)27-19-30-16-10(7-15-18(35)31-21(36)29-15)9-25-33(16)20(32-19)28-13-5-6-13/h7,9,11-14,35H,1-6,8H2,(H,26,34)(H,27,28,32)(H2,29,31,36). The summed E-state index contributed by atoms with van der Waals surface area (Å²) >= 11 is 0. The average molecular weight is 501 g/mol. The first-order valence-corrected chi connectivity index (χ1v) is 12.0. The van der Waals surface area contributed by atoms with Gasteiger partial charge in [-0.25, -0.2) is 18.6 Å². The minimum absolute atomic E-state index is 0.0390. The van der Waals surface area contributed by atoms with E-state index in [1.165, 1.54) is 4.52 Å². The van der Waals surface area contributed by atoms with Gasteiger partial charge in [-0.2, -0.15) is 19.6 Å². The second kappa shape index (κ2) is 8.38. The zero-order valence-electron chi connectivity index (χ0n) is 19.2. The average Bonchev–Trinajstić information content (AvgIpc) is 3.68. The van der Waals surface area contributed by atoms with Crippen LogP contribution >= 0.6 is 0 Å². The summed E-state index contributed by atoms with van der Waals surface area (Å²) in [5.74, 6) is -4.52. The highest BCUT2D eigenvalue weighted by atomic mass is 19.3. The van der Waals surface area contributed by atoms with Gasteiger partial charge in [-0.05, 0) is 44.6 Å². The van der Waals surface area contributed by atoms with Gasteiger partial charge in [-0.3, -0.25) is 9.78 Å². The maximum Gasteiger partial charge on any atom is 0.326 e. The smallest absolute Gasteiger partial charge is 0.326 e. The Balaban J connectivity index is 1.22. The molecule has 3 aliphatic carbocycles. The van der Waals surface area contributed by atoms with E-state index < -0.39 is 23.4 Å². The zero-order valence-corrected chi connectivity index (χ0v) is 19.2. The van der Waals surface area contributed by atoms with Crippen LogP contribution in [0.3, 0.4) is 0 Å². The number of halogens is 2. The maximum absolute atomic E-state index is 13.1. The minimum atomic E-state index is -2.86. The van der Waals surface area contributed by atoms with Crippen molar-refractivity contribution in [3.05, 3.63) is 33.2 Å². The van der Waals surface area contributed by atoms with Crippen molar-refractivity contribution in [2.24, 2.45) is 10.9 Å². The Labute approximate surface area is 202 Å². The Hall–Kier alpha value is -3.84. The van der Waals surface area contributed by atoms with Crippen LogP contribution in [0, 0.1) is 5.92 Å². The van der Waals surface area contributed by atoms with Gasteiger partial charge in [0.05, 0.1) is 12.2 Å². The van der Waals surface area contributed by atoms with E-state index in [-0.39, 0.29) is 36.1 Å². The quantitative estimate of drug-likeness (QED) is 0.316. The van der Waals surface area contributed by atoms with Crippen LogP contribution in [0.2, 0.25) is 0 Å². The molecule has 6 rings (SSSR count). The Morgan fingerprint density at radius 3 is 2.53 bits per heavy atom. The van der Waals surface area contributed by atoms with Crippen LogP contribution in [0.25, 0.3) is 11.7 Å². The summed E-state index contributed by atoms with van der Waals surface area (Å²) in [6.07, 6.45) is 7.47. The van der Waals surface area contributed by atoms with E-state index in [0.717, 1.165) is 12.8 Å². The number of amides is 1. The third-order valence-electron chi connectivity index (χ3n) is 6.81. The number of carbonyl (C=O) groups is 1. The molecular formula is C22H25F2N9O3. The summed E-state index contributed by atoms with van der Waals surface area (Å²) in [5, 5.41) is 20.9. The summed E-state index contributed by atoms with van der Waals surface area (Å²) in [5.41, 5.74) is 0.532. The van der Waals surface area contributed by atoms with Crippen molar-refractivity contribution in [2.45, 2.75) is 69.0 Å². The predicted octanol–water partition coefficient (Wildman–Crippen LogP) is -0.0484. The van der Waals surface area contributed by atoms with Gasteiger partial charge < -0.3 is 20.7 Å². The Morgan fingerprint density at radius 2 is 1.89 bits per heavy atom. The number of H-pyrrole nitrogens is 2. The first-order valence-electron chi connectivity index (χ1n) is 12.0. The number of fused-ring (bicyclic) bond motifs is 1. The molecule has 3 aliphatic rings. The van der Waals surface area contributed by atoms with Gasteiger partial charge in [0.25, 0.3) is 11.5 Å². The summed E-state index contributed by atoms with van der Waals surface area (Å²) in [4.78, 5) is 42.1. The molecular weight excluding hydrogens is 476 g/mol. The number of anilines is 1. The first-order chi connectivity index (χ1) is 17.2. The van der Waals surface area contributed by atoms with Crippen LogP contribution in [0.4, 0.5) is 14.7 Å². The van der Waals surface area contributed by atoms with Crippen LogP contribution in [0.5, 0.6) is 5.88 Å². The summed E-state index contributed by atoms with van der Waals surface area (Å²) in [6, 6.07) is 0.107. The lowest BCUT2D eigenvalue weighted by Gasteiger charge is -2.29. The number of hydrogen-bond donors (Lipinski definition) is 5. The highest BCUT2D eigenvalue weighted by Gasteiger charge is 2.61. The number of hydrogen-bond acceptors (Lipinski definition) is 8.